The number of alkyl halides is 1. The molecule has 90 valence electrons. The molecule has 0 aromatic heterocycles. The minimum atomic E-state index is -0.792. The zero-order chi connectivity index (χ0) is 11.5. The third kappa shape index (κ3) is 9.66. The summed E-state index contributed by atoms with van der Waals surface area (Å²) in [4.78, 5) is 10.7. The molecule has 0 aromatic rings. The molecule has 0 aliphatic carbocycles. The maximum atomic E-state index is 11.8. The molecular weight excluding hydrogens is 199 g/mol. The minimum absolute atomic E-state index is 0.164. The zero-order valence-corrected chi connectivity index (χ0v) is 9.38. The van der Waals surface area contributed by atoms with Crippen molar-refractivity contribution in [1.29, 1.82) is 0 Å². The average molecular weight is 220 g/mol. The summed E-state index contributed by atoms with van der Waals surface area (Å²) in [6, 6.07) is 0. The number of methoxy groups -OCH3 is 1. The monoisotopic (exact) mass is 220 g/mol. The molecule has 1 unspecified atom stereocenters. The van der Waals surface area contributed by atoms with E-state index in [1.807, 2.05) is 0 Å². The second-order valence-corrected chi connectivity index (χ2v) is 3.69. The Kier molecular flexibility index (Phi) is 9.48. The molecule has 0 radical (unpaired) electrons. The van der Waals surface area contributed by atoms with Gasteiger partial charge in [-0.3, -0.25) is 4.79 Å². The Balaban J connectivity index is 3.08. The molecule has 0 aliphatic heterocycles. The molecule has 0 saturated heterocycles. The number of hydrogen-bond donors (Lipinski definition) is 1. The van der Waals surface area contributed by atoms with Gasteiger partial charge in [-0.2, -0.15) is 0 Å². The van der Waals surface area contributed by atoms with Gasteiger partial charge in [0.2, 0.25) is 0 Å². The Bertz CT molecular complexity index is 162. The molecular formula is C11H21FO3. The van der Waals surface area contributed by atoms with Gasteiger partial charge in [-0.25, -0.2) is 4.39 Å². The standard InChI is InChI=1S/C11H21FO3/c1-15-11(14)8-6-4-2-3-5-7-10(13)9-12/h10,13H,2-9H2,1H3. The van der Waals surface area contributed by atoms with Crippen LogP contribution in [0.15, 0.2) is 0 Å². The van der Waals surface area contributed by atoms with Crippen LogP contribution in [0, 0.1) is 0 Å². The van der Waals surface area contributed by atoms with Gasteiger partial charge < -0.3 is 9.84 Å². The SMILES string of the molecule is COC(=O)CCCCCCCC(O)CF. The van der Waals surface area contributed by atoms with E-state index in [2.05, 4.69) is 4.74 Å². The number of ether oxygens (including phenoxy) is 1. The van der Waals surface area contributed by atoms with E-state index < -0.39 is 12.8 Å². The van der Waals surface area contributed by atoms with Gasteiger partial charge in [0, 0.05) is 6.42 Å². The van der Waals surface area contributed by atoms with Crippen LogP contribution in [0.2, 0.25) is 0 Å². The van der Waals surface area contributed by atoms with E-state index in [9.17, 15) is 9.18 Å². The first-order valence-electron chi connectivity index (χ1n) is 5.51. The van der Waals surface area contributed by atoms with Crippen molar-refractivity contribution in [1.82, 2.24) is 0 Å². The van der Waals surface area contributed by atoms with Gasteiger partial charge in [0.15, 0.2) is 0 Å². The van der Waals surface area contributed by atoms with Crippen LogP contribution in [0.3, 0.4) is 0 Å². The highest BCUT2D eigenvalue weighted by molar-refractivity contribution is 5.68. The lowest BCUT2D eigenvalue weighted by atomic mass is 10.1. The van der Waals surface area contributed by atoms with Gasteiger partial charge in [-0.05, 0) is 12.8 Å². The maximum absolute atomic E-state index is 11.8. The van der Waals surface area contributed by atoms with Gasteiger partial charge in [-0.15, -0.1) is 0 Å². The molecule has 0 amide bonds. The third-order valence-electron chi connectivity index (χ3n) is 2.32. The second kappa shape index (κ2) is 9.90. The van der Waals surface area contributed by atoms with Crippen LogP contribution in [0.4, 0.5) is 4.39 Å². The van der Waals surface area contributed by atoms with E-state index in [1.54, 1.807) is 0 Å². The van der Waals surface area contributed by atoms with E-state index >= 15 is 0 Å². The average Bonchev–Trinajstić information content (AvgIpc) is 2.26. The van der Waals surface area contributed by atoms with E-state index in [-0.39, 0.29) is 5.97 Å². The van der Waals surface area contributed by atoms with Gasteiger partial charge in [0.1, 0.15) is 6.67 Å². The predicted molar refractivity (Wildman–Crippen MR) is 56.3 cm³/mol. The molecule has 0 aromatic carbocycles. The topological polar surface area (TPSA) is 46.5 Å². The zero-order valence-electron chi connectivity index (χ0n) is 9.38. The molecule has 0 rings (SSSR count). The van der Waals surface area contributed by atoms with Gasteiger partial charge in [-0.1, -0.05) is 25.7 Å². The first-order valence-corrected chi connectivity index (χ1v) is 5.51. The molecule has 0 heterocycles. The summed E-state index contributed by atoms with van der Waals surface area (Å²) in [5.41, 5.74) is 0. The Hall–Kier alpha value is -0.640. The van der Waals surface area contributed by atoms with Crippen molar-refractivity contribution < 1.29 is 19.0 Å². The highest BCUT2D eigenvalue weighted by Gasteiger charge is 2.02. The van der Waals surface area contributed by atoms with E-state index in [4.69, 9.17) is 5.11 Å². The van der Waals surface area contributed by atoms with Crippen molar-refractivity contribution >= 4 is 5.97 Å². The van der Waals surface area contributed by atoms with Gasteiger partial charge >= 0.3 is 5.97 Å². The van der Waals surface area contributed by atoms with Crippen molar-refractivity contribution in [3.8, 4) is 0 Å². The first kappa shape index (κ1) is 14.4. The molecule has 4 heteroatoms. The first-order chi connectivity index (χ1) is 7.20. The molecule has 3 nitrogen and oxygen atoms in total. The summed E-state index contributed by atoms with van der Waals surface area (Å²) in [7, 11) is 1.39. The summed E-state index contributed by atoms with van der Waals surface area (Å²) in [5, 5.41) is 8.93. The Morgan fingerprint density at radius 1 is 1.27 bits per heavy atom. The van der Waals surface area contributed by atoms with Crippen LogP contribution < -0.4 is 0 Å². The van der Waals surface area contributed by atoms with Crippen LogP contribution in [0.25, 0.3) is 0 Å². The van der Waals surface area contributed by atoms with Crippen molar-refractivity contribution in [2.24, 2.45) is 0 Å². The van der Waals surface area contributed by atoms with Gasteiger partial charge in [0.25, 0.3) is 0 Å². The van der Waals surface area contributed by atoms with Crippen molar-refractivity contribution in [2.75, 3.05) is 13.8 Å². The number of aliphatic hydroxyl groups is 1. The van der Waals surface area contributed by atoms with E-state index in [1.165, 1.54) is 7.11 Å². The molecule has 0 aliphatic rings. The lowest BCUT2D eigenvalue weighted by molar-refractivity contribution is -0.140. The van der Waals surface area contributed by atoms with Crippen LogP contribution in [-0.2, 0) is 9.53 Å². The van der Waals surface area contributed by atoms with Crippen LogP contribution in [0.1, 0.15) is 44.9 Å². The lowest BCUT2D eigenvalue weighted by Gasteiger charge is -2.05. The Morgan fingerprint density at radius 3 is 2.47 bits per heavy atom. The molecule has 1 atom stereocenters. The third-order valence-corrected chi connectivity index (χ3v) is 2.32. The van der Waals surface area contributed by atoms with Crippen LogP contribution >= 0.6 is 0 Å². The Morgan fingerprint density at radius 2 is 1.87 bits per heavy atom. The predicted octanol–water partition coefficient (Wildman–Crippen LogP) is 2.22. The number of esters is 1. The number of rotatable bonds is 9. The largest absolute Gasteiger partial charge is 0.469 e. The molecule has 0 bridgehead atoms. The molecule has 15 heavy (non-hydrogen) atoms. The molecule has 1 N–H and O–H groups in total. The quantitative estimate of drug-likeness (QED) is 0.478. The highest BCUT2D eigenvalue weighted by Crippen LogP contribution is 2.09. The normalized spacial score (nSPS) is 12.5. The lowest BCUT2D eigenvalue weighted by Crippen LogP contribution is -2.07. The Labute approximate surface area is 90.6 Å². The summed E-state index contributed by atoms with van der Waals surface area (Å²) >= 11 is 0. The second-order valence-electron chi connectivity index (χ2n) is 3.69. The molecule has 0 fully saturated rings. The smallest absolute Gasteiger partial charge is 0.305 e. The van der Waals surface area contributed by atoms with Gasteiger partial charge in [0.05, 0.1) is 13.2 Å². The van der Waals surface area contributed by atoms with Crippen molar-refractivity contribution in [3.63, 3.8) is 0 Å². The fraction of sp³-hybridized carbons (Fsp3) is 0.909. The molecule has 0 spiro atoms. The summed E-state index contributed by atoms with van der Waals surface area (Å²) in [5.74, 6) is -0.164. The highest BCUT2D eigenvalue weighted by atomic mass is 19.1. The minimum Gasteiger partial charge on any atom is -0.469 e. The number of carbonyl (C=O) groups excluding carboxylic acids is 1. The summed E-state index contributed by atoms with van der Waals surface area (Å²) < 4.78 is 16.4. The number of aliphatic hydroxyl groups excluding tert-OH is 1. The fourth-order valence-electron chi connectivity index (χ4n) is 1.36. The van der Waals surface area contributed by atoms with E-state index in [0.29, 0.717) is 12.8 Å². The van der Waals surface area contributed by atoms with Crippen LogP contribution in [-0.4, -0.2) is 31.0 Å². The number of halogens is 1. The maximum Gasteiger partial charge on any atom is 0.305 e. The fourth-order valence-corrected chi connectivity index (χ4v) is 1.36. The number of hydrogen-bond acceptors (Lipinski definition) is 3. The number of carbonyl (C=O) groups is 1. The van der Waals surface area contributed by atoms with E-state index in [0.717, 1.165) is 32.1 Å². The van der Waals surface area contributed by atoms with Crippen molar-refractivity contribution in [3.05, 3.63) is 0 Å². The number of unbranched alkanes of at least 4 members (excludes halogenated alkanes) is 4. The summed E-state index contributed by atoms with van der Waals surface area (Å²) in [6.07, 6.45) is 4.91. The molecule has 0 saturated carbocycles. The van der Waals surface area contributed by atoms with Crippen LogP contribution in [0.5, 0.6) is 0 Å². The summed E-state index contributed by atoms with van der Waals surface area (Å²) in [6.45, 7) is -0.650. The van der Waals surface area contributed by atoms with Crippen molar-refractivity contribution in [2.45, 2.75) is 51.0 Å².